The van der Waals surface area contributed by atoms with E-state index >= 15 is 0 Å². The van der Waals surface area contributed by atoms with E-state index in [4.69, 9.17) is 0 Å². The minimum absolute atomic E-state index is 0.0250. The number of anilines is 1. The number of H-pyrrole nitrogens is 1. The molecule has 7 heteroatoms. The third-order valence-electron chi connectivity index (χ3n) is 4.13. The lowest BCUT2D eigenvalue weighted by Gasteiger charge is -2.19. The molecule has 0 fully saturated rings. The van der Waals surface area contributed by atoms with Crippen molar-refractivity contribution in [1.82, 2.24) is 9.55 Å². The zero-order chi connectivity index (χ0) is 19.1. The Morgan fingerprint density at radius 3 is 2.46 bits per heavy atom. The van der Waals surface area contributed by atoms with E-state index in [1.807, 2.05) is 31.2 Å². The Morgan fingerprint density at radius 1 is 1.19 bits per heavy atom. The molecule has 1 amide bonds. The van der Waals surface area contributed by atoms with Crippen molar-refractivity contribution in [1.29, 1.82) is 0 Å². The molecule has 3 rings (SSSR count). The molecule has 0 aliphatic heterocycles. The molecule has 0 spiro atoms. The van der Waals surface area contributed by atoms with Crippen LogP contribution in [0.15, 0.2) is 39.9 Å². The molecule has 136 valence electrons. The predicted octanol–water partition coefficient (Wildman–Crippen LogP) is 3.00. The first-order valence-electron chi connectivity index (χ1n) is 8.29. The van der Waals surface area contributed by atoms with E-state index in [9.17, 15) is 14.4 Å². The van der Waals surface area contributed by atoms with Crippen molar-refractivity contribution in [2.24, 2.45) is 0 Å². The van der Waals surface area contributed by atoms with Crippen LogP contribution in [0.4, 0.5) is 5.69 Å². The Labute approximate surface area is 154 Å². The first-order chi connectivity index (χ1) is 12.1. The van der Waals surface area contributed by atoms with E-state index in [1.54, 1.807) is 6.07 Å². The van der Waals surface area contributed by atoms with Crippen molar-refractivity contribution in [2.75, 3.05) is 5.32 Å². The second-order valence-corrected chi connectivity index (χ2v) is 8.55. The molecule has 6 nitrogen and oxygen atoms in total. The van der Waals surface area contributed by atoms with Gasteiger partial charge in [0.2, 0.25) is 5.91 Å². The fourth-order valence-electron chi connectivity index (χ4n) is 2.71. The number of nitrogens with one attached hydrogen (secondary N) is 2. The summed E-state index contributed by atoms with van der Waals surface area (Å²) in [5, 5.41) is 3.15. The van der Waals surface area contributed by atoms with Gasteiger partial charge in [-0.2, -0.15) is 0 Å². The van der Waals surface area contributed by atoms with Crippen molar-refractivity contribution in [2.45, 2.75) is 39.7 Å². The molecule has 0 atom stereocenters. The third kappa shape index (κ3) is 3.62. The molecule has 0 saturated heterocycles. The number of aromatic amines is 1. The van der Waals surface area contributed by atoms with Crippen LogP contribution in [0.1, 0.15) is 31.2 Å². The molecule has 1 aromatic carbocycles. The number of aryl methyl sites for hydroxylation is 1. The second kappa shape index (κ2) is 6.57. The summed E-state index contributed by atoms with van der Waals surface area (Å²) in [4.78, 5) is 41.0. The minimum Gasteiger partial charge on any atom is -0.325 e. The van der Waals surface area contributed by atoms with Gasteiger partial charge in [-0.15, -0.1) is 11.3 Å². The first-order valence-corrected chi connectivity index (χ1v) is 9.10. The van der Waals surface area contributed by atoms with E-state index in [1.165, 1.54) is 11.3 Å². The summed E-state index contributed by atoms with van der Waals surface area (Å²) in [6.45, 7) is 7.87. The van der Waals surface area contributed by atoms with Gasteiger partial charge in [0.15, 0.2) is 0 Å². The van der Waals surface area contributed by atoms with Gasteiger partial charge in [-0.05, 0) is 36.1 Å². The van der Waals surface area contributed by atoms with Gasteiger partial charge in [0, 0.05) is 10.6 Å². The van der Waals surface area contributed by atoms with Crippen LogP contribution in [0, 0.1) is 6.92 Å². The zero-order valence-electron chi connectivity index (χ0n) is 15.2. The van der Waals surface area contributed by atoms with Crippen molar-refractivity contribution < 1.29 is 4.79 Å². The fourth-order valence-corrected chi connectivity index (χ4v) is 3.60. The summed E-state index contributed by atoms with van der Waals surface area (Å²) in [6, 6.07) is 9.26. The number of rotatable bonds is 3. The topological polar surface area (TPSA) is 84.0 Å². The molecule has 0 radical (unpaired) electrons. The summed E-state index contributed by atoms with van der Waals surface area (Å²) in [5.41, 5.74) is 0.771. The van der Waals surface area contributed by atoms with Gasteiger partial charge in [-0.25, -0.2) is 4.79 Å². The maximum atomic E-state index is 12.5. The number of carbonyl (C=O) groups is 1. The number of amides is 1. The van der Waals surface area contributed by atoms with Crippen LogP contribution in [0.2, 0.25) is 0 Å². The van der Waals surface area contributed by atoms with Gasteiger partial charge in [-0.3, -0.25) is 19.1 Å². The maximum Gasteiger partial charge on any atom is 0.329 e. The molecular weight excluding hydrogens is 350 g/mol. The van der Waals surface area contributed by atoms with E-state index in [2.05, 4.69) is 31.1 Å². The molecule has 2 N–H and O–H groups in total. The molecule has 0 saturated carbocycles. The quantitative estimate of drug-likeness (QED) is 0.742. The number of benzene rings is 1. The lowest BCUT2D eigenvalue weighted by Crippen LogP contribution is -2.38. The molecule has 2 aromatic heterocycles. The normalized spacial score (nSPS) is 11.7. The number of carbonyl (C=O) groups excluding carboxylic acids is 1. The van der Waals surface area contributed by atoms with E-state index in [0.717, 1.165) is 15.0 Å². The predicted molar refractivity (Wildman–Crippen MR) is 105 cm³/mol. The molecule has 2 heterocycles. The molecule has 0 unspecified atom stereocenters. The average molecular weight is 371 g/mol. The van der Waals surface area contributed by atoms with Crippen LogP contribution in [0.5, 0.6) is 0 Å². The Balaban J connectivity index is 1.81. The minimum atomic E-state index is -0.581. The molecule has 0 aliphatic rings. The summed E-state index contributed by atoms with van der Waals surface area (Å²) in [5.74, 6) is -0.424. The third-order valence-corrected chi connectivity index (χ3v) is 5.10. The van der Waals surface area contributed by atoms with Crippen molar-refractivity contribution in [3.63, 3.8) is 0 Å². The highest BCUT2D eigenvalue weighted by Crippen LogP contribution is 2.23. The Morgan fingerprint density at radius 2 is 1.85 bits per heavy atom. The lowest BCUT2D eigenvalue weighted by molar-refractivity contribution is -0.116. The summed E-state index contributed by atoms with van der Waals surface area (Å²) in [6.07, 6.45) is 0. The number of fused-ring (bicyclic) bond motifs is 1. The number of thiophene rings is 1. The lowest BCUT2D eigenvalue weighted by atomic mass is 9.87. The van der Waals surface area contributed by atoms with Crippen LogP contribution in [0.25, 0.3) is 10.2 Å². The van der Waals surface area contributed by atoms with Gasteiger partial charge in [0.05, 0.1) is 5.39 Å². The highest BCUT2D eigenvalue weighted by molar-refractivity contribution is 7.18. The van der Waals surface area contributed by atoms with Crippen LogP contribution < -0.4 is 16.6 Å². The second-order valence-electron chi connectivity index (χ2n) is 7.30. The van der Waals surface area contributed by atoms with Crippen LogP contribution in [0.3, 0.4) is 0 Å². The Kier molecular flexibility index (Phi) is 4.58. The number of hydrogen-bond donors (Lipinski definition) is 2. The number of hydrogen-bond acceptors (Lipinski definition) is 4. The molecular formula is C19H21N3O3S. The first kappa shape index (κ1) is 18.1. The highest BCUT2D eigenvalue weighted by Gasteiger charge is 2.15. The maximum absolute atomic E-state index is 12.5. The van der Waals surface area contributed by atoms with Gasteiger partial charge in [-0.1, -0.05) is 32.9 Å². The monoisotopic (exact) mass is 371 g/mol. The largest absolute Gasteiger partial charge is 0.329 e. The smallest absolute Gasteiger partial charge is 0.325 e. The standard InChI is InChI=1S/C19H21N3O3S/c1-11-9-14-16(26-11)21-18(25)22(17(14)24)10-15(23)20-13-7-5-12(6-8-13)19(2,3)4/h5-9H,10H2,1-4H3,(H,20,23)(H,21,25). The fraction of sp³-hybridized carbons (Fsp3) is 0.316. The molecule has 0 bridgehead atoms. The van der Waals surface area contributed by atoms with Crippen molar-refractivity contribution >= 4 is 33.1 Å². The number of aromatic nitrogens is 2. The van der Waals surface area contributed by atoms with Crippen molar-refractivity contribution in [3.05, 3.63) is 61.6 Å². The van der Waals surface area contributed by atoms with Gasteiger partial charge >= 0.3 is 5.69 Å². The highest BCUT2D eigenvalue weighted by atomic mass is 32.1. The molecule has 3 aromatic rings. The summed E-state index contributed by atoms with van der Waals surface area (Å²) < 4.78 is 0.924. The summed E-state index contributed by atoms with van der Waals surface area (Å²) >= 11 is 1.34. The van der Waals surface area contributed by atoms with Gasteiger partial charge in [0.1, 0.15) is 11.4 Å². The van der Waals surface area contributed by atoms with E-state index < -0.39 is 17.2 Å². The SMILES string of the molecule is Cc1cc2c(=O)n(CC(=O)Nc3ccc(C(C)(C)C)cc3)c(=O)[nH]c2s1. The van der Waals surface area contributed by atoms with Crippen LogP contribution in [-0.2, 0) is 16.8 Å². The number of nitrogens with zero attached hydrogens (tertiary/aromatic N) is 1. The van der Waals surface area contributed by atoms with Gasteiger partial charge < -0.3 is 5.32 Å². The Bertz CT molecular complexity index is 1080. The molecule has 26 heavy (non-hydrogen) atoms. The van der Waals surface area contributed by atoms with Crippen molar-refractivity contribution in [3.8, 4) is 0 Å². The Hall–Kier alpha value is -2.67. The van der Waals surface area contributed by atoms with Crippen LogP contribution >= 0.6 is 11.3 Å². The summed E-state index contributed by atoms with van der Waals surface area (Å²) in [7, 11) is 0. The van der Waals surface area contributed by atoms with E-state index in [0.29, 0.717) is 15.9 Å². The van der Waals surface area contributed by atoms with E-state index in [-0.39, 0.29) is 12.0 Å². The van der Waals surface area contributed by atoms with Gasteiger partial charge in [0.25, 0.3) is 5.56 Å². The van der Waals surface area contributed by atoms with Crippen LogP contribution in [-0.4, -0.2) is 15.5 Å². The molecule has 0 aliphatic carbocycles. The average Bonchev–Trinajstić information content (AvgIpc) is 2.91. The zero-order valence-corrected chi connectivity index (χ0v) is 16.0.